The van der Waals surface area contributed by atoms with Gasteiger partial charge in [0.1, 0.15) is 6.54 Å². The summed E-state index contributed by atoms with van der Waals surface area (Å²) in [4.78, 5) is 41.2. The second-order valence-corrected chi connectivity index (χ2v) is 5.84. The molecule has 2 aromatic rings. The van der Waals surface area contributed by atoms with Crippen molar-refractivity contribution in [1.29, 1.82) is 0 Å². The molecule has 136 valence electrons. The van der Waals surface area contributed by atoms with Crippen LogP contribution in [0.2, 0.25) is 5.02 Å². The Labute approximate surface area is 155 Å². The fourth-order valence-corrected chi connectivity index (χ4v) is 2.36. The molecule has 2 amide bonds. The molecule has 0 atom stereocenters. The highest BCUT2D eigenvalue weighted by molar-refractivity contribution is 6.33. The quantitative estimate of drug-likeness (QED) is 0.783. The molecule has 1 aromatic heterocycles. The Kier molecular flexibility index (Phi) is 6.68. The molecule has 0 radical (unpaired) electrons. The molecular weight excluding hydrogens is 358 g/mol. The van der Waals surface area contributed by atoms with Crippen molar-refractivity contribution < 1.29 is 19.1 Å². The average Bonchev–Trinajstić information content (AvgIpc) is 2.63. The average molecular weight is 376 g/mol. The van der Waals surface area contributed by atoms with Gasteiger partial charge in [0.2, 0.25) is 11.8 Å². The largest absolute Gasteiger partial charge is 0.465 e. The highest BCUT2D eigenvalue weighted by Crippen LogP contribution is 2.23. The number of amides is 2. The van der Waals surface area contributed by atoms with Crippen LogP contribution >= 0.6 is 11.6 Å². The lowest BCUT2D eigenvalue weighted by Crippen LogP contribution is -2.36. The van der Waals surface area contributed by atoms with Crippen LogP contribution in [0, 0.1) is 0 Å². The topological polar surface area (TPSA) is 88.6 Å². The van der Waals surface area contributed by atoms with E-state index in [1.807, 2.05) is 0 Å². The van der Waals surface area contributed by atoms with Gasteiger partial charge in [-0.05, 0) is 30.3 Å². The Morgan fingerprint density at radius 2 is 2.00 bits per heavy atom. The van der Waals surface area contributed by atoms with Crippen molar-refractivity contribution in [2.45, 2.75) is 13.5 Å². The Morgan fingerprint density at radius 3 is 2.62 bits per heavy atom. The predicted octanol–water partition coefficient (Wildman–Crippen LogP) is 2.51. The van der Waals surface area contributed by atoms with Crippen molar-refractivity contribution in [3.8, 4) is 0 Å². The number of hydrogen-bond acceptors (Lipinski definition) is 5. The molecule has 0 saturated carbocycles. The van der Waals surface area contributed by atoms with E-state index in [1.54, 1.807) is 24.4 Å². The number of nitrogens with one attached hydrogen (secondary N) is 1. The van der Waals surface area contributed by atoms with E-state index in [9.17, 15) is 14.4 Å². The molecule has 0 fully saturated rings. The summed E-state index contributed by atoms with van der Waals surface area (Å²) in [6.07, 6.45) is 1.62. The fourth-order valence-electron chi connectivity index (χ4n) is 2.19. The summed E-state index contributed by atoms with van der Waals surface area (Å²) in [5.74, 6) is -1.25. The first-order valence-electron chi connectivity index (χ1n) is 7.74. The number of benzene rings is 1. The van der Waals surface area contributed by atoms with Crippen LogP contribution in [-0.2, 0) is 20.9 Å². The van der Waals surface area contributed by atoms with Gasteiger partial charge in [0.15, 0.2) is 0 Å². The lowest BCUT2D eigenvalue weighted by atomic mass is 10.2. The Bertz CT molecular complexity index is 811. The monoisotopic (exact) mass is 375 g/mol. The molecule has 0 unspecified atom stereocenters. The molecule has 1 N–H and O–H groups in total. The van der Waals surface area contributed by atoms with Crippen LogP contribution in [0.15, 0.2) is 42.6 Å². The van der Waals surface area contributed by atoms with Gasteiger partial charge in [0.05, 0.1) is 35.6 Å². The molecule has 0 bridgehead atoms. The summed E-state index contributed by atoms with van der Waals surface area (Å²) < 4.78 is 4.64. The zero-order valence-corrected chi connectivity index (χ0v) is 15.1. The SMILES string of the molecule is COC(=O)c1ccc(Cl)c(NC(=O)CN(Cc2ccccn2)C(C)=O)c1. The summed E-state index contributed by atoms with van der Waals surface area (Å²) in [6.45, 7) is 1.41. The van der Waals surface area contributed by atoms with E-state index in [2.05, 4.69) is 15.0 Å². The number of aromatic nitrogens is 1. The Hall–Kier alpha value is -2.93. The standard InChI is InChI=1S/C18H18ClN3O4/c1-12(23)22(10-14-5-3-4-8-20-14)11-17(24)21-16-9-13(18(25)26-2)6-7-15(16)19/h3-9H,10-11H2,1-2H3,(H,21,24). The van der Waals surface area contributed by atoms with Gasteiger partial charge in [0, 0.05) is 13.1 Å². The van der Waals surface area contributed by atoms with E-state index in [-0.39, 0.29) is 35.3 Å². The number of nitrogens with zero attached hydrogens (tertiary/aromatic N) is 2. The lowest BCUT2D eigenvalue weighted by Gasteiger charge is -2.20. The first-order chi connectivity index (χ1) is 12.4. The maximum absolute atomic E-state index is 12.3. The van der Waals surface area contributed by atoms with Crippen molar-refractivity contribution in [3.63, 3.8) is 0 Å². The highest BCUT2D eigenvalue weighted by atomic mass is 35.5. The maximum Gasteiger partial charge on any atom is 0.337 e. The van der Waals surface area contributed by atoms with Crippen LogP contribution in [0.25, 0.3) is 0 Å². The van der Waals surface area contributed by atoms with Gasteiger partial charge < -0.3 is 15.0 Å². The first kappa shape index (κ1) is 19.4. The molecule has 2 rings (SSSR count). The number of anilines is 1. The van der Waals surface area contributed by atoms with Gasteiger partial charge in [-0.15, -0.1) is 0 Å². The van der Waals surface area contributed by atoms with Crippen molar-refractivity contribution in [1.82, 2.24) is 9.88 Å². The predicted molar refractivity (Wildman–Crippen MR) is 96.7 cm³/mol. The van der Waals surface area contributed by atoms with E-state index in [1.165, 1.54) is 37.1 Å². The summed E-state index contributed by atoms with van der Waals surface area (Å²) >= 11 is 6.06. The Morgan fingerprint density at radius 1 is 1.23 bits per heavy atom. The van der Waals surface area contributed by atoms with E-state index < -0.39 is 11.9 Å². The smallest absolute Gasteiger partial charge is 0.337 e. The second kappa shape index (κ2) is 8.96. The molecule has 0 aliphatic heterocycles. The minimum absolute atomic E-state index is 0.176. The third kappa shape index (κ3) is 5.29. The van der Waals surface area contributed by atoms with Crippen LogP contribution in [-0.4, -0.2) is 41.3 Å². The van der Waals surface area contributed by atoms with Gasteiger partial charge in [-0.3, -0.25) is 14.6 Å². The van der Waals surface area contributed by atoms with Gasteiger partial charge in [0.25, 0.3) is 0 Å². The van der Waals surface area contributed by atoms with E-state index in [0.29, 0.717) is 5.69 Å². The number of carbonyl (C=O) groups is 3. The summed E-state index contributed by atoms with van der Waals surface area (Å²) in [7, 11) is 1.26. The van der Waals surface area contributed by atoms with Crippen LogP contribution in [0.1, 0.15) is 23.0 Å². The van der Waals surface area contributed by atoms with E-state index >= 15 is 0 Å². The molecule has 7 nitrogen and oxygen atoms in total. The zero-order valence-electron chi connectivity index (χ0n) is 14.4. The Balaban J connectivity index is 2.08. The van der Waals surface area contributed by atoms with Gasteiger partial charge in [-0.2, -0.15) is 0 Å². The number of hydrogen-bond donors (Lipinski definition) is 1. The van der Waals surface area contributed by atoms with Crippen LogP contribution in [0.3, 0.4) is 0 Å². The lowest BCUT2D eigenvalue weighted by molar-refractivity contribution is -0.133. The normalized spacial score (nSPS) is 10.1. The first-order valence-corrected chi connectivity index (χ1v) is 8.11. The van der Waals surface area contributed by atoms with E-state index in [4.69, 9.17) is 11.6 Å². The molecule has 1 aromatic carbocycles. The second-order valence-electron chi connectivity index (χ2n) is 5.43. The molecular formula is C18H18ClN3O4. The van der Waals surface area contributed by atoms with Crippen LogP contribution < -0.4 is 5.32 Å². The number of pyridine rings is 1. The number of ether oxygens (including phenoxy) is 1. The molecule has 0 spiro atoms. The van der Waals surface area contributed by atoms with Gasteiger partial charge >= 0.3 is 5.97 Å². The number of halogens is 1. The molecule has 0 aliphatic rings. The maximum atomic E-state index is 12.3. The molecule has 8 heteroatoms. The minimum Gasteiger partial charge on any atom is -0.465 e. The summed E-state index contributed by atoms with van der Waals surface area (Å²) in [5, 5.41) is 2.88. The van der Waals surface area contributed by atoms with Gasteiger partial charge in [-0.25, -0.2) is 4.79 Å². The number of esters is 1. The van der Waals surface area contributed by atoms with Crippen LogP contribution in [0.4, 0.5) is 5.69 Å². The number of rotatable bonds is 6. The van der Waals surface area contributed by atoms with Crippen LogP contribution in [0.5, 0.6) is 0 Å². The van der Waals surface area contributed by atoms with E-state index in [0.717, 1.165) is 0 Å². The fraction of sp³-hybridized carbons (Fsp3) is 0.222. The molecule has 26 heavy (non-hydrogen) atoms. The number of carbonyl (C=O) groups excluding carboxylic acids is 3. The van der Waals surface area contributed by atoms with Gasteiger partial charge in [-0.1, -0.05) is 17.7 Å². The zero-order chi connectivity index (χ0) is 19.1. The van der Waals surface area contributed by atoms with Crippen molar-refractivity contribution in [2.75, 3.05) is 19.0 Å². The molecule has 0 aliphatic carbocycles. The number of methoxy groups -OCH3 is 1. The minimum atomic E-state index is -0.544. The third-order valence-corrected chi connectivity index (χ3v) is 3.85. The van der Waals surface area contributed by atoms with Crippen molar-refractivity contribution >= 4 is 35.1 Å². The van der Waals surface area contributed by atoms with Crippen molar-refractivity contribution in [3.05, 3.63) is 58.9 Å². The third-order valence-electron chi connectivity index (χ3n) is 3.52. The summed E-state index contributed by atoms with van der Waals surface area (Å²) in [6, 6.07) is 9.74. The summed E-state index contributed by atoms with van der Waals surface area (Å²) in [5.41, 5.74) is 1.19. The molecule has 1 heterocycles. The molecule has 0 saturated heterocycles. The highest BCUT2D eigenvalue weighted by Gasteiger charge is 2.16. The van der Waals surface area contributed by atoms with Crippen molar-refractivity contribution in [2.24, 2.45) is 0 Å².